The van der Waals surface area contributed by atoms with E-state index in [-0.39, 0.29) is 40.5 Å². The Bertz CT molecular complexity index is 1040. The van der Waals surface area contributed by atoms with Crippen molar-refractivity contribution < 1.29 is 27.2 Å². The predicted octanol–water partition coefficient (Wildman–Crippen LogP) is 8.67. The van der Waals surface area contributed by atoms with E-state index in [2.05, 4.69) is 92.4 Å². The largest absolute Gasteiger partial charge is 0.469 e. The lowest BCUT2D eigenvalue weighted by molar-refractivity contribution is -0.247. The fourth-order valence-electron chi connectivity index (χ4n) is 10.4. The average Bonchev–Trinajstić information content (AvgIpc) is 3.03. The number of ether oxygens (including phenoxy) is 1. The van der Waals surface area contributed by atoms with Gasteiger partial charge in [-0.05, 0) is 141 Å². The van der Waals surface area contributed by atoms with Gasteiger partial charge < -0.3 is 22.4 Å². The number of hydrogen-bond donors (Lipinski definition) is 0. The first-order chi connectivity index (χ1) is 19.3. The number of carbonyl (C=O) groups is 1. The van der Waals surface area contributed by atoms with E-state index in [1.165, 1.54) is 0 Å². The van der Waals surface area contributed by atoms with Gasteiger partial charge in [0.25, 0.3) is 0 Å². The molecule has 4 fully saturated rings. The SMILES string of the molecule is COC(=O)[C@@]1(C)CCC[C@]2(C)[C@H]3CC[C@@H]4C[C@@]3(C[C@]4(CO[Si](C)(C)C)O[Si](C)(C)C)[C@H](O[Si](C)(C)C)[C@H](O[Si](C)(C)C)[C@H]21. The van der Waals surface area contributed by atoms with E-state index in [1.807, 2.05) is 0 Å². The summed E-state index contributed by atoms with van der Waals surface area (Å²) in [6.45, 7) is 33.2. The van der Waals surface area contributed by atoms with E-state index >= 15 is 0 Å². The molecule has 4 saturated carbocycles. The van der Waals surface area contributed by atoms with Crippen LogP contribution in [0.15, 0.2) is 0 Å². The van der Waals surface area contributed by atoms with Crippen LogP contribution in [0.2, 0.25) is 78.6 Å². The van der Waals surface area contributed by atoms with E-state index in [4.69, 9.17) is 22.4 Å². The van der Waals surface area contributed by atoms with Crippen LogP contribution in [0, 0.1) is 34.0 Å². The molecule has 4 rings (SSSR count). The molecule has 250 valence electrons. The van der Waals surface area contributed by atoms with Crippen LogP contribution in [-0.4, -0.2) is 70.8 Å². The highest BCUT2D eigenvalue weighted by Gasteiger charge is 2.75. The first-order valence-corrected chi connectivity index (χ1v) is 30.7. The van der Waals surface area contributed by atoms with E-state index in [1.54, 1.807) is 7.11 Å². The normalized spacial score (nSPS) is 41.9. The maximum Gasteiger partial charge on any atom is 0.311 e. The van der Waals surface area contributed by atoms with Crippen LogP contribution in [0.4, 0.5) is 0 Å². The van der Waals surface area contributed by atoms with Crippen molar-refractivity contribution in [2.24, 2.45) is 34.0 Å². The summed E-state index contributed by atoms with van der Waals surface area (Å²) in [7, 11) is -6.19. The Morgan fingerprint density at radius 3 is 1.91 bits per heavy atom. The minimum Gasteiger partial charge on any atom is -0.469 e. The standard InChI is InChI=1S/C33H66O6Si4/c1-30-19-16-20-31(2,29(34)35-3)27(30)26(37-41(7,8)9)28(38-42(10,11)12)32-21-24(17-18-25(30)32)33(22-32,39-43(13,14)15)23-36-40(4,5)6/h24-28H,16-23H2,1-15H3/t24-,25-,26-,27-,28-,30-,31+,32+,33-/m1/s1. The Balaban J connectivity index is 1.97. The molecule has 0 aromatic carbocycles. The molecule has 6 nitrogen and oxygen atoms in total. The third kappa shape index (κ3) is 6.92. The zero-order chi connectivity index (χ0) is 32.7. The fraction of sp³-hybridized carbons (Fsp3) is 0.970. The lowest BCUT2D eigenvalue weighted by Gasteiger charge is -2.69. The predicted molar refractivity (Wildman–Crippen MR) is 186 cm³/mol. The molecule has 0 saturated heterocycles. The number of fused-ring (bicyclic) bond motifs is 3. The van der Waals surface area contributed by atoms with E-state index in [9.17, 15) is 4.79 Å². The molecule has 10 heteroatoms. The number of methoxy groups -OCH3 is 1. The van der Waals surface area contributed by atoms with Gasteiger partial charge >= 0.3 is 5.97 Å². The van der Waals surface area contributed by atoms with Gasteiger partial charge in [0.05, 0.1) is 36.9 Å². The van der Waals surface area contributed by atoms with Crippen LogP contribution in [0.3, 0.4) is 0 Å². The van der Waals surface area contributed by atoms with E-state index in [0.29, 0.717) is 18.4 Å². The smallest absolute Gasteiger partial charge is 0.311 e. The highest BCUT2D eigenvalue weighted by atomic mass is 28.4. The molecule has 0 unspecified atom stereocenters. The third-order valence-electron chi connectivity index (χ3n) is 11.2. The van der Waals surface area contributed by atoms with Crippen LogP contribution in [0.1, 0.15) is 58.8 Å². The average molecular weight is 671 g/mol. The number of hydrogen-bond acceptors (Lipinski definition) is 6. The third-order valence-corrected chi connectivity index (χ3v) is 15.1. The zero-order valence-corrected chi connectivity index (χ0v) is 34.5. The van der Waals surface area contributed by atoms with E-state index < -0.39 is 38.7 Å². The molecule has 0 radical (unpaired) electrons. The molecule has 0 aromatic heterocycles. The Morgan fingerprint density at radius 1 is 0.791 bits per heavy atom. The first-order valence-electron chi connectivity index (χ1n) is 17.1. The zero-order valence-electron chi connectivity index (χ0n) is 30.5. The summed E-state index contributed by atoms with van der Waals surface area (Å²) < 4.78 is 34.7. The van der Waals surface area contributed by atoms with Crippen molar-refractivity contribution in [2.75, 3.05) is 13.7 Å². The van der Waals surface area contributed by atoms with Crippen molar-refractivity contribution in [3.05, 3.63) is 0 Å². The second-order valence-electron chi connectivity index (χ2n) is 19.2. The van der Waals surface area contributed by atoms with Crippen molar-refractivity contribution >= 4 is 39.2 Å². The summed E-state index contributed by atoms with van der Waals surface area (Å²) in [5.41, 5.74) is -1.02. The van der Waals surface area contributed by atoms with Crippen LogP contribution in [0.5, 0.6) is 0 Å². The Hall–Kier alpha value is 0.178. The molecule has 4 aliphatic carbocycles. The molecule has 0 heterocycles. The van der Waals surface area contributed by atoms with Crippen LogP contribution in [-0.2, 0) is 27.2 Å². The van der Waals surface area contributed by atoms with Crippen molar-refractivity contribution in [1.29, 1.82) is 0 Å². The maximum absolute atomic E-state index is 13.8. The monoisotopic (exact) mass is 670 g/mol. The number of carbonyl (C=O) groups excluding carboxylic acids is 1. The van der Waals surface area contributed by atoms with Gasteiger partial charge in [-0.3, -0.25) is 4.79 Å². The van der Waals surface area contributed by atoms with Gasteiger partial charge in [0.15, 0.2) is 33.3 Å². The van der Waals surface area contributed by atoms with Gasteiger partial charge in [-0.2, -0.15) is 0 Å². The van der Waals surface area contributed by atoms with Crippen molar-refractivity contribution in [2.45, 2.75) is 155 Å². The molecule has 0 aliphatic heterocycles. The molecule has 0 amide bonds. The molecular formula is C33H66O6Si4. The second-order valence-corrected chi connectivity index (χ2v) is 37.1. The quantitative estimate of drug-likeness (QED) is 0.171. The maximum atomic E-state index is 13.8. The number of esters is 1. The number of rotatable bonds is 10. The van der Waals surface area contributed by atoms with Gasteiger partial charge in [0.2, 0.25) is 0 Å². The van der Waals surface area contributed by atoms with Gasteiger partial charge in [0, 0.05) is 11.3 Å². The minimum absolute atomic E-state index is 0.0487. The molecule has 0 aromatic rings. The van der Waals surface area contributed by atoms with Gasteiger partial charge in [0.1, 0.15) is 0 Å². The van der Waals surface area contributed by atoms with Gasteiger partial charge in [-0.25, -0.2) is 0 Å². The summed E-state index contributed by atoms with van der Waals surface area (Å²) in [4.78, 5) is 13.8. The van der Waals surface area contributed by atoms with E-state index in [0.717, 1.165) is 44.9 Å². The summed E-state index contributed by atoms with van der Waals surface area (Å²) in [5, 5.41) is 0. The van der Waals surface area contributed by atoms with Gasteiger partial charge in [-0.1, -0.05) is 13.3 Å². The first kappa shape index (κ1) is 36.0. The van der Waals surface area contributed by atoms with Crippen molar-refractivity contribution in [3.8, 4) is 0 Å². The van der Waals surface area contributed by atoms with Crippen LogP contribution in [0.25, 0.3) is 0 Å². The second kappa shape index (κ2) is 11.4. The lowest BCUT2D eigenvalue weighted by Crippen LogP contribution is -2.71. The van der Waals surface area contributed by atoms with Crippen LogP contribution < -0.4 is 0 Å². The Labute approximate surface area is 268 Å². The molecule has 9 atom stereocenters. The van der Waals surface area contributed by atoms with Crippen molar-refractivity contribution in [1.82, 2.24) is 0 Å². The van der Waals surface area contributed by atoms with Gasteiger partial charge in [-0.15, -0.1) is 0 Å². The van der Waals surface area contributed by atoms with Crippen LogP contribution >= 0.6 is 0 Å². The molecule has 1 spiro atoms. The molecule has 2 bridgehead atoms. The molecular weight excluding hydrogens is 605 g/mol. The topological polar surface area (TPSA) is 63.2 Å². The van der Waals surface area contributed by atoms with Crippen molar-refractivity contribution in [3.63, 3.8) is 0 Å². The fourth-order valence-corrected chi connectivity index (χ4v) is 14.8. The molecule has 4 aliphatic rings. The Kier molecular flexibility index (Phi) is 9.56. The molecule has 43 heavy (non-hydrogen) atoms. The lowest BCUT2D eigenvalue weighted by atomic mass is 9.39. The summed E-state index contributed by atoms with van der Waals surface area (Å²) in [5.74, 6) is 0.859. The summed E-state index contributed by atoms with van der Waals surface area (Å²) in [6, 6.07) is 0. The Morgan fingerprint density at radius 2 is 1.40 bits per heavy atom. The summed E-state index contributed by atoms with van der Waals surface area (Å²) >= 11 is 0. The minimum atomic E-state index is -2.04. The highest BCUT2D eigenvalue weighted by molar-refractivity contribution is 6.71. The molecule has 0 N–H and O–H groups in total. The summed E-state index contributed by atoms with van der Waals surface area (Å²) in [6.07, 6.45) is 7.19. The highest BCUT2D eigenvalue weighted by Crippen LogP contribution is 2.74.